The van der Waals surface area contributed by atoms with Gasteiger partial charge >= 0.3 is 0 Å². The van der Waals surface area contributed by atoms with Gasteiger partial charge in [-0.05, 0) is 64.3 Å². The first-order chi connectivity index (χ1) is 11.7. The maximum absolute atomic E-state index is 3.88. The lowest BCUT2D eigenvalue weighted by Gasteiger charge is -2.35. The first kappa shape index (κ1) is 19.4. The highest BCUT2D eigenvalue weighted by Gasteiger charge is 2.21. The van der Waals surface area contributed by atoms with Gasteiger partial charge in [0, 0.05) is 25.2 Å². The van der Waals surface area contributed by atoms with E-state index in [0.717, 1.165) is 6.54 Å². The van der Waals surface area contributed by atoms with Gasteiger partial charge in [0.1, 0.15) is 0 Å². The van der Waals surface area contributed by atoms with E-state index in [0.29, 0.717) is 12.1 Å². The van der Waals surface area contributed by atoms with Crippen LogP contribution in [0.3, 0.4) is 0 Å². The molecule has 3 heteroatoms. The van der Waals surface area contributed by atoms with Crippen molar-refractivity contribution in [3.63, 3.8) is 0 Å². The molecule has 24 heavy (non-hydrogen) atoms. The number of likely N-dealkylation sites (tertiary alicyclic amines) is 1. The van der Waals surface area contributed by atoms with E-state index in [1.807, 2.05) is 0 Å². The minimum atomic E-state index is 0.627. The van der Waals surface area contributed by atoms with E-state index < -0.39 is 0 Å². The van der Waals surface area contributed by atoms with E-state index in [2.05, 4.69) is 66.2 Å². The zero-order valence-corrected chi connectivity index (χ0v) is 16.0. The topological polar surface area (TPSA) is 18.5 Å². The predicted octanol–water partition coefficient (Wildman–Crippen LogP) is 3.75. The Hall–Kier alpha value is -0.900. The molecule has 1 heterocycles. The number of benzene rings is 1. The van der Waals surface area contributed by atoms with Crippen LogP contribution in [-0.2, 0) is 6.54 Å². The molecule has 1 fully saturated rings. The fourth-order valence-electron chi connectivity index (χ4n) is 3.82. The van der Waals surface area contributed by atoms with Gasteiger partial charge in [-0.2, -0.15) is 0 Å². The molecule has 0 saturated carbocycles. The first-order valence-corrected chi connectivity index (χ1v) is 9.96. The van der Waals surface area contributed by atoms with Gasteiger partial charge in [0.25, 0.3) is 0 Å². The molecular weight excluding hydrogens is 294 g/mol. The summed E-state index contributed by atoms with van der Waals surface area (Å²) in [6.07, 6.45) is 5.23. The Morgan fingerprint density at radius 2 is 1.96 bits per heavy atom. The van der Waals surface area contributed by atoms with Crippen LogP contribution in [-0.4, -0.2) is 54.6 Å². The van der Waals surface area contributed by atoms with Gasteiger partial charge in [-0.1, -0.05) is 44.2 Å². The molecule has 2 atom stereocenters. The Kier molecular flexibility index (Phi) is 8.79. The molecule has 0 radical (unpaired) electrons. The summed E-state index contributed by atoms with van der Waals surface area (Å²) in [6, 6.07) is 12.2. The average Bonchev–Trinajstić information content (AvgIpc) is 2.60. The largest absolute Gasteiger partial charge is 0.310 e. The minimum Gasteiger partial charge on any atom is -0.310 e. The number of piperidine rings is 1. The van der Waals surface area contributed by atoms with Crippen molar-refractivity contribution < 1.29 is 0 Å². The van der Waals surface area contributed by atoms with Crippen molar-refractivity contribution in [2.45, 2.75) is 65.1 Å². The smallest absolute Gasteiger partial charge is 0.0234 e. The average molecular weight is 332 g/mol. The zero-order valence-electron chi connectivity index (χ0n) is 16.0. The van der Waals surface area contributed by atoms with Crippen LogP contribution in [0.15, 0.2) is 30.3 Å². The van der Waals surface area contributed by atoms with Crippen LogP contribution in [0.25, 0.3) is 0 Å². The van der Waals surface area contributed by atoms with Gasteiger partial charge in [-0.25, -0.2) is 0 Å². The van der Waals surface area contributed by atoms with E-state index in [4.69, 9.17) is 0 Å². The first-order valence-electron chi connectivity index (χ1n) is 9.96. The molecule has 1 aromatic rings. The fraction of sp³-hybridized carbons (Fsp3) is 0.714. The lowest BCUT2D eigenvalue weighted by molar-refractivity contribution is 0.175. The highest BCUT2D eigenvalue weighted by Crippen LogP contribution is 2.15. The van der Waals surface area contributed by atoms with Crippen molar-refractivity contribution in [3.8, 4) is 0 Å². The van der Waals surface area contributed by atoms with Gasteiger partial charge < -0.3 is 10.2 Å². The monoisotopic (exact) mass is 331 g/mol. The third kappa shape index (κ3) is 6.92. The molecule has 1 aromatic carbocycles. The zero-order chi connectivity index (χ0) is 17.2. The fourth-order valence-corrected chi connectivity index (χ4v) is 3.82. The van der Waals surface area contributed by atoms with E-state index >= 15 is 0 Å². The van der Waals surface area contributed by atoms with Crippen LogP contribution in [0.4, 0.5) is 0 Å². The normalized spacial score (nSPS) is 20.4. The molecule has 0 aliphatic carbocycles. The molecule has 2 rings (SSSR count). The van der Waals surface area contributed by atoms with E-state index in [1.165, 1.54) is 64.0 Å². The second-order valence-electron chi connectivity index (χ2n) is 7.30. The van der Waals surface area contributed by atoms with Crippen LogP contribution >= 0.6 is 0 Å². The third-order valence-corrected chi connectivity index (χ3v) is 5.28. The SMILES string of the molecule is CCN(CC)CCCC(C)NC1CCCN(Cc2ccccc2)C1. The van der Waals surface area contributed by atoms with Crippen molar-refractivity contribution >= 4 is 0 Å². The number of rotatable bonds is 10. The summed E-state index contributed by atoms with van der Waals surface area (Å²) in [7, 11) is 0. The van der Waals surface area contributed by atoms with Crippen molar-refractivity contribution in [1.82, 2.24) is 15.1 Å². The van der Waals surface area contributed by atoms with Crippen LogP contribution in [0, 0.1) is 0 Å². The van der Waals surface area contributed by atoms with Gasteiger partial charge in [0.05, 0.1) is 0 Å². The Balaban J connectivity index is 1.68. The van der Waals surface area contributed by atoms with Crippen molar-refractivity contribution in [2.24, 2.45) is 0 Å². The summed E-state index contributed by atoms with van der Waals surface area (Å²) >= 11 is 0. The maximum Gasteiger partial charge on any atom is 0.0234 e. The summed E-state index contributed by atoms with van der Waals surface area (Å²) in [4.78, 5) is 5.13. The molecule has 0 aromatic heterocycles. The predicted molar refractivity (Wildman–Crippen MR) is 104 cm³/mol. The second kappa shape index (κ2) is 10.9. The van der Waals surface area contributed by atoms with E-state index in [1.54, 1.807) is 0 Å². The van der Waals surface area contributed by atoms with Gasteiger partial charge in [0.2, 0.25) is 0 Å². The van der Waals surface area contributed by atoms with Crippen LogP contribution in [0.2, 0.25) is 0 Å². The molecule has 1 saturated heterocycles. The van der Waals surface area contributed by atoms with Crippen molar-refractivity contribution in [3.05, 3.63) is 35.9 Å². The second-order valence-corrected chi connectivity index (χ2v) is 7.30. The Bertz CT molecular complexity index is 430. The molecule has 1 aliphatic heterocycles. The third-order valence-electron chi connectivity index (χ3n) is 5.28. The number of nitrogens with one attached hydrogen (secondary N) is 1. The Labute approximate surface area is 149 Å². The molecule has 3 nitrogen and oxygen atoms in total. The summed E-state index contributed by atoms with van der Waals surface area (Å²) < 4.78 is 0. The molecular formula is C21H37N3. The molecule has 0 amide bonds. The quantitative estimate of drug-likeness (QED) is 0.704. The number of nitrogens with zero attached hydrogens (tertiary/aromatic N) is 2. The van der Waals surface area contributed by atoms with E-state index in [9.17, 15) is 0 Å². The maximum atomic E-state index is 3.88. The lowest BCUT2D eigenvalue weighted by atomic mass is 10.0. The summed E-state index contributed by atoms with van der Waals surface area (Å²) in [5.41, 5.74) is 1.44. The lowest BCUT2D eigenvalue weighted by Crippen LogP contribution is -2.48. The van der Waals surface area contributed by atoms with Gasteiger partial charge in [0.15, 0.2) is 0 Å². The highest BCUT2D eigenvalue weighted by atomic mass is 15.2. The molecule has 1 N–H and O–H groups in total. The van der Waals surface area contributed by atoms with Gasteiger partial charge in [-0.3, -0.25) is 4.90 Å². The Morgan fingerprint density at radius 1 is 1.21 bits per heavy atom. The molecule has 2 unspecified atom stereocenters. The highest BCUT2D eigenvalue weighted by molar-refractivity contribution is 5.14. The van der Waals surface area contributed by atoms with Gasteiger partial charge in [-0.15, -0.1) is 0 Å². The number of hydrogen-bond donors (Lipinski definition) is 1. The van der Waals surface area contributed by atoms with Crippen LogP contribution in [0.1, 0.15) is 52.0 Å². The summed E-state index contributed by atoms with van der Waals surface area (Å²) in [6.45, 7) is 14.0. The standard InChI is InChI=1S/C21H37N3/c1-4-23(5-2)15-9-11-19(3)22-21-14-10-16-24(18-21)17-20-12-7-6-8-13-20/h6-8,12-13,19,21-22H,4-5,9-11,14-18H2,1-3H3. The number of hydrogen-bond acceptors (Lipinski definition) is 3. The molecule has 1 aliphatic rings. The molecule has 0 bridgehead atoms. The molecule has 136 valence electrons. The summed E-state index contributed by atoms with van der Waals surface area (Å²) in [5, 5.41) is 3.88. The van der Waals surface area contributed by atoms with Crippen LogP contribution < -0.4 is 5.32 Å². The van der Waals surface area contributed by atoms with E-state index in [-0.39, 0.29) is 0 Å². The Morgan fingerprint density at radius 3 is 2.67 bits per heavy atom. The summed E-state index contributed by atoms with van der Waals surface area (Å²) in [5.74, 6) is 0. The molecule has 0 spiro atoms. The van der Waals surface area contributed by atoms with Crippen LogP contribution in [0.5, 0.6) is 0 Å². The minimum absolute atomic E-state index is 0.627. The van der Waals surface area contributed by atoms with Crippen molar-refractivity contribution in [2.75, 3.05) is 32.7 Å². The van der Waals surface area contributed by atoms with Crippen molar-refractivity contribution in [1.29, 1.82) is 0 Å².